The predicted molar refractivity (Wildman–Crippen MR) is 125 cm³/mol. The molecule has 8 nitrogen and oxygen atoms in total. The van der Waals surface area contributed by atoms with Crippen LogP contribution < -0.4 is 10.6 Å². The van der Waals surface area contributed by atoms with E-state index in [1.165, 1.54) is 0 Å². The van der Waals surface area contributed by atoms with Crippen molar-refractivity contribution in [1.29, 1.82) is 0 Å². The summed E-state index contributed by atoms with van der Waals surface area (Å²) in [7, 11) is 0. The number of carboxylic acids is 1. The number of hydrogen-bond donors (Lipinski definition) is 3. The van der Waals surface area contributed by atoms with Crippen molar-refractivity contribution in [3.63, 3.8) is 0 Å². The molecule has 8 heteroatoms. The minimum absolute atomic E-state index is 0.0438. The average molecular weight is 467 g/mol. The van der Waals surface area contributed by atoms with Crippen molar-refractivity contribution in [3.05, 3.63) is 59.7 Å². The summed E-state index contributed by atoms with van der Waals surface area (Å²) in [6.45, 7) is 4.32. The van der Waals surface area contributed by atoms with Gasteiger partial charge in [-0.15, -0.1) is 0 Å². The zero-order valence-electron chi connectivity index (χ0n) is 19.3. The van der Waals surface area contributed by atoms with Crippen LogP contribution in [-0.2, 0) is 19.1 Å². The number of carbonyl (C=O) groups excluding carboxylic acids is 2. The Hall–Kier alpha value is -3.39. The molecule has 0 saturated carbocycles. The number of amides is 2. The third kappa shape index (κ3) is 4.92. The maximum absolute atomic E-state index is 12.8. The van der Waals surface area contributed by atoms with Crippen LogP contribution in [0.1, 0.15) is 37.3 Å². The molecule has 0 aromatic heterocycles. The van der Waals surface area contributed by atoms with Crippen LogP contribution in [0.4, 0.5) is 4.79 Å². The van der Waals surface area contributed by atoms with Gasteiger partial charge >= 0.3 is 12.1 Å². The fourth-order valence-electron chi connectivity index (χ4n) is 4.74. The van der Waals surface area contributed by atoms with E-state index in [0.29, 0.717) is 6.42 Å². The number of carbonyl (C=O) groups is 3. The van der Waals surface area contributed by atoms with Gasteiger partial charge in [0.25, 0.3) is 0 Å². The second-order valence-corrected chi connectivity index (χ2v) is 9.09. The second kappa shape index (κ2) is 10.3. The van der Waals surface area contributed by atoms with Gasteiger partial charge in [0.1, 0.15) is 6.61 Å². The lowest BCUT2D eigenvalue weighted by Crippen LogP contribution is -2.49. The first-order valence-electron chi connectivity index (χ1n) is 11.6. The minimum Gasteiger partial charge on any atom is -0.479 e. The van der Waals surface area contributed by atoms with Crippen LogP contribution in [0, 0.1) is 11.8 Å². The van der Waals surface area contributed by atoms with Crippen molar-refractivity contribution >= 4 is 18.0 Å². The van der Waals surface area contributed by atoms with E-state index in [9.17, 15) is 19.5 Å². The lowest BCUT2D eigenvalue weighted by molar-refractivity contribution is -0.148. The van der Waals surface area contributed by atoms with Crippen LogP contribution >= 0.6 is 0 Å². The van der Waals surface area contributed by atoms with Crippen LogP contribution in [0.3, 0.4) is 0 Å². The molecule has 4 rings (SSSR count). The van der Waals surface area contributed by atoms with Crippen molar-refractivity contribution in [1.82, 2.24) is 10.6 Å². The van der Waals surface area contributed by atoms with Crippen molar-refractivity contribution in [2.75, 3.05) is 19.8 Å². The zero-order valence-corrected chi connectivity index (χ0v) is 19.3. The van der Waals surface area contributed by atoms with Crippen LogP contribution in [0.15, 0.2) is 48.5 Å². The Kier molecular flexibility index (Phi) is 7.17. The molecule has 1 aliphatic heterocycles. The number of benzene rings is 2. The molecule has 0 radical (unpaired) electrons. The summed E-state index contributed by atoms with van der Waals surface area (Å²) in [6, 6.07) is 15.6. The summed E-state index contributed by atoms with van der Waals surface area (Å²) in [5, 5.41) is 14.7. The van der Waals surface area contributed by atoms with E-state index < -0.39 is 30.1 Å². The van der Waals surface area contributed by atoms with Gasteiger partial charge in [-0.2, -0.15) is 0 Å². The topological polar surface area (TPSA) is 114 Å². The molecule has 34 heavy (non-hydrogen) atoms. The van der Waals surface area contributed by atoms with Crippen molar-refractivity contribution in [2.24, 2.45) is 11.8 Å². The van der Waals surface area contributed by atoms with Crippen molar-refractivity contribution in [3.8, 4) is 11.1 Å². The molecule has 0 spiro atoms. The van der Waals surface area contributed by atoms with E-state index in [4.69, 9.17) is 9.47 Å². The standard InChI is InChI=1S/C26H30N2O6/c1-15(2)20(24(29)28-22-11-12-33-23(22)25(30)31)13-27-26(32)34-14-21-18-9-5-3-7-16(18)17-8-4-6-10-19(17)21/h3-10,15,20-23H,11-14H2,1-2H3,(H,27,32)(H,28,29)(H,30,31)/t20?,22-,23+/m0/s1. The van der Waals surface area contributed by atoms with Gasteiger partial charge in [-0.1, -0.05) is 62.4 Å². The second-order valence-electron chi connectivity index (χ2n) is 9.09. The largest absolute Gasteiger partial charge is 0.479 e. The van der Waals surface area contributed by atoms with Gasteiger partial charge < -0.3 is 25.2 Å². The summed E-state index contributed by atoms with van der Waals surface area (Å²) in [4.78, 5) is 36.6. The van der Waals surface area contributed by atoms with E-state index >= 15 is 0 Å². The predicted octanol–water partition coefficient (Wildman–Crippen LogP) is 3.16. The Labute approximate surface area is 198 Å². The van der Waals surface area contributed by atoms with Crippen LogP contribution in [0.5, 0.6) is 0 Å². The van der Waals surface area contributed by atoms with Crippen LogP contribution in [0.25, 0.3) is 11.1 Å². The molecular weight excluding hydrogens is 436 g/mol. The lowest BCUT2D eigenvalue weighted by Gasteiger charge is -2.24. The Morgan fingerprint density at radius 3 is 2.26 bits per heavy atom. The molecular formula is C26H30N2O6. The summed E-state index contributed by atoms with van der Waals surface area (Å²) >= 11 is 0. The Morgan fingerprint density at radius 1 is 1.06 bits per heavy atom. The third-order valence-corrected chi connectivity index (χ3v) is 6.61. The molecule has 3 atom stereocenters. The van der Waals surface area contributed by atoms with Crippen LogP contribution in [0.2, 0.25) is 0 Å². The van der Waals surface area contributed by atoms with Gasteiger partial charge in [0.05, 0.1) is 12.0 Å². The molecule has 1 heterocycles. The molecule has 1 aliphatic carbocycles. The summed E-state index contributed by atoms with van der Waals surface area (Å²) in [5.74, 6) is -2.05. The maximum Gasteiger partial charge on any atom is 0.407 e. The first kappa shape index (κ1) is 23.8. The van der Waals surface area contributed by atoms with Gasteiger partial charge in [-0.25, -0.2) is 9.59 Å². The highest BCUT2D eigenvalue weighted by Crippen LogP contribution is 2.44. The monoisotopic (exact) mass is 466 g/mol. The van der Waals surface area contributed by atoms with Gasteiger partial charge in [0.2, 0.25) is 5.91 Å². The summed E-state index contributed by atoms with van der Waals surface area (Å²) in [6.07, 6.45) is -1.20. The number of nitrogens with one attached hydrogen (secondary N) is 2. The molecule has 2 amide bonds. The Morgan fingerprint density at radius 2 is 1.68 bits per heavy atom. The summed E-state index contributed by atoms with van der Waals surface area (Å²) < 4.78 is 10.7. The molecule has 2 aromatic rings. The van der Waals surface area contributed by atoms with Crippen molar-refractivity contribution in [2.45, 2.75) is 38.3 Å². The number of ether oxygens (including phenoxy) is 2. The fourth-order valence-corrected chi connectivity index (χ4v) is 4.74. The molecule has 1 fully saturated rings. The van der Waals surface area contributed by atoms with E-state index in [1.54, 1.807) is 0 Å². The van der Waals surface area contributed by atoms with E-state index in [2.05, 4.69) is 34.9 Å². The number of hydrogen-bond acceptors (Lipinski definition) is 5. The molecule has 2 aromatic carbocycles. The lowest BCUT2D eigenvalue weighted by atomic mass is 9.94. The summed E-state index contributed by atoms with van der Waals surface area (Å²) in [5.41, 5.74) is 4.56. The van der Waals surface area contributed by atoms with E-state index in [0.717, 1.165) is 22.3 Å². The number of alkyl carbamates (subject to hydrolysis) is 1. The number of carboxylic acid groups (broad SMARTS) is 1. The number of rotatable bonds is 8. The highest BCUT2D eigenvalue weighted by Gasteiger charge is 2.37. The highest BCUT2D eigenvalue weighted by atomic mass is 16.5. The Bertz CT molecular complexity index is 1020. The van der Waals surface area contributed by atoms with Gasteiger partial charge in [-0.05, 0) is 34.6 Å². The van der Waals surface area contributed by atoms with E-state index in [-0.39, 0.29) is 37.5 Å². The average Bonchev–Trinajstić information content (AvgIpc) is 3.40. The molecule has 1 unspecified atom stereocenters. The molecule has 3 N–H and O–H groups in total. The molecule has 0 bridgehead atoms. The fraction of sp³-hybridized carbons (Fsp3) is 0.423. The van der Waals surface area contributed by atoms with Crippen LogP contribution in [-0.4, -0.2) is 55.0 Å². The Balaban J connectivity index is 1.33. The smallest absolute Gasteiger partial charge is 0.407 e. The third-order valence-electron chi connectivity index (χ3n) is 6.61. The zero-order chi connectivity index (χ0) is 24.2. The quantitative estimate of drug-likeness (QED) is 0.551. The highest BCUT2D eigenvalue weighted by molar-refractivity contribution is 5.82. The minimum atomic E-state index is -1.10. The maximum atomic E-state index is 12.8. The van der Waals surface area contributed by atoms with Gasteiger partial charge in [0.15, 0.2) is 6.10 Å². The number of aliphatic carboxylic acids is 1. The van der Waals surface area contributed by atoms with Gasteiger partial charge in [-0.3, -0.25) is 4.79 Å². The first-order chi connectivity index (χ1) is 16.4. The van der Waals surface area contributed by atoms with Gasteiger partial charge in [0, 0.05) is 19.1 Å². The normalized spacial score (nSPS) is 19.9. The molecule has 180 valence electrons. The molecule has 2 aliphatic rings. The van der Waals surface area contributed by atoms with E-state index in [1.807, 2.05) is 38.1 Å². The van der Waals surface area contributed by atoms with Crippen molar-refractivity contribution < 1.29 is 29.0 Å². The molecule has 1 saturated heterocycles. The first-order valence-corrected chi connectivity index (χ1v) is 11.6. The number of fused-ring (bicyclic) bond motifs is 3. The SMILES string of the molecule is CC(C)C(CNC(=O)OCC1c2ccccc2-c2ccccc21)C(=O)N[C@H]1CCO[C@H]1C(=O)O.